The third-order valence-electron chi connectivity index (χ3n) is 23.2. The van der Waals surface area contributed by atoms with E-state index in [0.717, 1.165) is 38.5 Å². The molecule has 0 atom stereocenters. The summed E-state index contributed by atoms with van der Waals surface area (Å²) in [4.78, 5) is 0. The van der Waals surface area contributed by atoms with Gasteiger partial charge in [-0.05, 0) is 253 Å². The van der Waals surface area contributed by atoms with E-state index < -0.39 is 0 Å². The number of benzene rings is 19. The van der Waals surface area contributed by atoms with Crippen LogP contribution in [0.25, 0.3) is 158 Å². The summed E-state index contributed by atoms with van der Waals surface area (Å²) in [6.45, 7) is 0. The molecule has 19 aromatic rings. The Morgan fingerprint density at radius 1 is 0.148 bits per heavy atom. The number of hydrogen-bond donors (Lipinski definition) is 0. The summed E-state index contributed by atoms with van der Waals surface area (Å²) in [5.41, 5.74) is 27.0. The van der Waals surface area contributed by atoms with Gasteiger partial charge in [0.2, 0.25) is 0 Å². The SMILES string of the molecule is C1=C(c2c3ccccc3c(-c3cc4ccccc4c4ccccc34)c3ccccc23)c2ccccc2CC1.C1=C(c2c3ccccc3c(-c3ccc(-c4ccccc4)cc3)c3ccccc23)c2ccccc2CC1.C1=C(c2c3ccccc3c(-c3cccc4ccccc34)c3ccccc23)c2ccccc2CC1. The molecule has 0 heteroatoms. The molecular weight excluding hydrogens is 1300 g/mol. The van der Waals surface area contributed by atoms with Crippen molar-refractivity contribution in [1.29, 1.82) is 0 Å². The van der Waals surface area contributed by atoms with Crippen molar-refractivity contribution in [2.75, 3.05) is 0 Å². The Morgan fingerprint density at radius 2 is 0.426 bits per heavy atom. The Bertz CT molecular complexity index is 6720. The van der Waals surface area contributed by atoms with Crippen LogP contribution < -0.4 is 0 Å². The van der Waals surface area contributed by atoms with Crippen molar-refractivity contribution in [2.24, 2.45) is 0 Å². The van der Waals surface area contributed by atoms with Crippen molar-refractivity contribution in [3.05, 3.63) is 438 Å². The van der Waals surface area contributed by atoms with Crippen molar-refractivity contribution in [2.45, 2.75) is 38.5 Å². The molecule has 0 fully saturated rings. The molecule has 22 rings (SSSR count). The predicted octanol–water partition coefficient (Wildman–Crippen LogP) is 29.2. The van der Waals surface area contributed by atoms with E-state index in [1.807, 2.05) is 0 Å². The summed E-state index contributed by atoms with van der Waals surface area (Å²) in [5, 5.41) is 23.6. The maximum atomic E-state index is 2.46. The fourth-order valence-electron chi connectivity index (χ4n) is 18.5. The highest BCUT2D eigenvalue weighted by atomic mass is 14.3. The minimum atomic E-state index is 1.08. The summed E-state index contributed by atoms with van der Waals surface area (Å²) in [5.74, 6) is 0. The number of allylic oxidation sites excluding steroid dienone is 3. The van der Waals surface area contributed by atoms with Gasteiger partial charge in [-0.3, -0.25) is 0 Å². The Labute approximate surface area is 630 Å². The zero-order chi connectivity index (χ0) is 71.4. The van der Waals surface area contributed by atoms with Gasteiger partial charge in [0.15, 0.2) is 0 Å². The van der Waals surface area contributed by atoms with Gasteiger partial charge in [-0.1, -0.05) is 382 Å². The highest BCUT2D eigenvalue weighted by Gasteiger charge is 2.27. The molecule has 0 amide bonds. The molecule has 0 spiro atoms. The van der Waals surface area contributed by atoms with Gasteiger partial charge in [0, 0.05) is 0 Å². The van der Waals surface area contributed by atoms with Crippen LogP contribution in [0.4, 0.5) is 0 Å². The van der Waals surface area contributed by atoms with Gasteiger partial charge in [-0.25, -0.2) is 0 Å². The third-order valence-corrected chi connectivity index (χ3v) is 23.2. The van der Waals surface area contributed by atoms with Gasteiger partial charge in [0.25, 0.3) is 0 Å². The first-order valence-electron chi connectivity index (χ1n) is 38.4. The van der Waals surface area contributed by atoms with Crippen LogP contribution in [0, 0.1) is 0 Å². The second-order valence-electron chi connectivity index (χ2n) is 29.1. The smallest absolute Gasteiger partial charge is 0.00199 e. The van der Waals surface area contributed by atoms with Gasteiger partial charge < -0.3 is 0 Å². The molecule has 0 heterocycles. The van der Waals surface area contributed by atoms with Crippen LogP contribution in [0.15, 0.2) is 388 Å². The van der Waals surface area contributed by atoms with Crippen LogP contribution in [0.3, 0.4) is 0 Å². The van der Waals surface area contributed by atoms with E-state index in [-0.39, 0.29) is 0 Å². The molecule has 0 radical (unpaired) electrons. The van der Waals surface area contributed by atoms with Gasteiger partial charge in [0.05, 0.1) is 0 Å². The quantitative estimate of drug-likeness (QED) is 0.110. The molecule has 0 unspecified atom stereocenters. The lowest BCUT2D eigenvalue weighted by Crippen LogP contribution is -2.02. The first-order chi connectivity index (χ1) is 53.7. The van der Waals surface area contributed by atoms with Gasteiger partial charge in [0.1, 0.15) is 0 Å². The molecule has 108 heavy (non-hydrogen) atoms. The number of rotatable bonds is 7. The lowest BCUT2D eigenvalue weighted by molar-refractivity contribution is 0.978. The lowest BCUT2D eigenvalue weighted by Gasteiger charge is -2.23. The topological polar surface area (TPSA) is 0 Å². The molecule has 0 aromatic heterocycles. The molecule has 19 aromatic carbocycles. The Morgan fingerprint density at radius 3 is 0.852 bits per heavy atom. The van der Waals surface area contributed by atoms with Crippen LogP contribution in [0.5, 0.6) is 0 Å². The van der Waals surface area contributed by atoms with Crippen molar-refractivity contribution >= 4 is 114 Å². The van der Waals surface area contributed by atoms with E-state index >= 15 is 0 Å². The van der Waals surface area contributed by atoms with E-state index in [1.165, 1.54) is 208 Å². The zero-order valence-electron chi connectivity index (χ0n) is 60.2. The van der Waals surface area contributed by atoms with Gasteiger partial charge in [-0.2, -0.15) is 0 Å². The van der Waals surface area contributed by atoms with Crippen molar-refractivity contribution in [3.63, 3.8) is 0 Å². The highest BCUT2D eigenvalue weighted by molar-refractivity contribution is 6.26. The van der Waals surface area contributed by atoms with Crippen molar-refractivity contribution in [1.82, 2.24) is 0 Å². The molecule has 0 saturated carbocycles. The van der Waals surface area contributed by atoms with E-state index in [4.69, 9.17) is 0 Å². The minimum absolute atomic E-state index is 1.08. The molecule has 0 N–H and O–H groups in total. The third kappa shape index (κ3) is 11.1. The fraction of sp³-hybridized carbons (Fsp3) is 0.0556. The second kappa shape index (κ2) is 27.7. The first-order valence-corrected chi connectivity index (χ1v) is 38.4. The summed E-state index contributed by atoms with van der Waals surface area (Å²) in [6, 6.07) is 136. The molecule has 0 aliphatic heterocycles. The summed E-state index contributed by atoms with van der Waals surface area (Å²) < 4.78 is 0. The van der Waals surface area contributed by atoms with E-state index in [1.54, 1.807) is 0 Å². The average molecular weight is 1370 g/mol. The van der Waals surface area contributed by atoms with Gasteiger partial charge >= 0.3 is 0 Å². The maximum Gasteiger partial charge on any atom is -0.00199 e. The highest BCUT2D eigenvalue weighted by Crippen LogP contribution is 2.51. The van der Waals surface area contributed by atoms with Crippen molar-refractivity contribution in [3.8, 4) is 44.5 Å². The Hall–Kier alpha value is -13.3. The van der Waals surface area contributed by atoms with Crippen LogP contribution in [-0.4, -0.2) is 0 Å². The lowest BCUT2D eigenvalue weighted by atomic mass is 9.80. The fourth-order valence-corrected chi connectivity index (χ4v) is 18.5. The molecule has 0 bridgehead atoms. The number of aryl methyl sites for hydroxylation is 3. The molecule has 3 aliphatic carbocycles. The van der Waals surface area contributed by atoms with Gasteiger partial charge in [-0.15, -0.1) is 0 Å². The van der Waals surface area contributed by atoms with Crippen LogP contribution in [0.1, 0.15) is 69.3 Å². The number of hydrogen-bond acceptors (Lipinski definition) is 0. The number of fused-ring (bicyclic) bond motifs is 13. The van der Waals surface area contributed by atoms with Crippen LogP contribution >= 0.6 is 0 Å². The summed E-state index contributed by atoms with van der Waals surface area (Å²) in [6.07, 6.45) is 13.9. The normalized spacial score (nSPS) is 13.1. The maximum absolute atomic E-state index is 2.46. The molecule has 3 aliphatic rings. The molecule has 508 valence electrons. The second-order valence-corrected chi connectivity index (χ2v) is 29.1. The monoisotopic (exact) mass is 1370 g/mol. The largest absolute Gasteiger partial charge is 0.0757 e. The average Bonchev–Trinajstić information content (AvgIpc) is 0.733. The molecule has 0 saturated heterocycles. The van der Waals surface area contributed by atoms with E-state index in [2.05, 4.69) is 388 Å². The zero-order valence-corrected chi connectivity index (χ0v) is 60.2. The minimum Gasteiger partial charge on any atom is -0.0757 e. The molecule has 0 nitrogen and oxygen atoms in total. The summed E-state index contributed by atoms with van der Waals surface area (Å²) in [7, 11) is 0. The Balaban J connectivity index is 0.000000107. The standard InChI is InChI=1S/C38H26.C36H26.C34H24/c1-3-15-27-25(12-1)14-11-23-31(27)37-32-19-7-9-21-34(32)38(35-22-10-8-20-33(35)37)36-24-26-13-2-4-16-28(26)29-17-5-6-18-30(29)36;1-2-11-25(12-3-1)26-21-23-28(24-22-26)35-31-16-6-8-18-33(31)36(34-19-9-7-17-32(34)35)30-20-10-14-27-13-4-5-15-29(27)30;1-3-15-25-23(11-1)13-9-21-27(25)33-29-17-5-7-19-31(29)34(32-20-8-6-18-30(32)33)28-22-10-14-24-12-2-4-16-26(24)28/h1-10,12-13,15-24H,11,14H2;1-9,11-13,15-24H,10,14H2;1-9,11-13,15-22H,10,14H2. The van der Waals surface area contributed by atoms with Crippen LogP contribution in [0.2, 0.25) is 0 Å². The first kappa shape index (κ1) is 64.4. The van der Waals surface area contributed by atoms with E-state index in [9.17, 15) is 0 Å². The molecular formula is C108H76. The van der Waals surface area contributed by atoms with Crippen LogP contribution in [-0.2, 0) is 19.3 Å². The predicted molar refractivity (Wildman–Crippen MR) is 464 cm³/mol. The van der Waals surface area contributed by atoms with Crippen molar-refractivity contribution < 1.29 is 0 Å². The Kier molecular flexibility index (Phi) is 16.5. The summed E-state index contributed by atoms with van der Waals surface area (Å²) >= 11 is 0. The van der Waals surface area contributed by atoms with E-state index in [0.29, 0.717) is 0 Å².